The van der Waals surface area contributed by atoms with E-state index in [1.54, 1.807) is 31.2 Å². The summed E-state index contributed by atoms with van der Waals surface area (Å²) in [5, 5.41) is 10.6. The Morgan fingerprint density at radius 3 is 2.35 bits per heavy atom. The zero-order valence-electron chi connectivity index (χ0n) is 11.0. The molecule has 0 spiro atoms. The Morgan fingerprint density at radius 2 is 1.85 bits per heavy atom. The van der Waals surface area contributed by atoms with Crippen LogP contribution in [0.3, 0.4) is 0 Å². The molecule has 2 rings (SSSR count). The van der Waals surface area contributed by atoms with Crippen molar-refractivity contribution >= 4 is 11.7 Å². The Labute approximate surface area is 115 Å². The molecule has 0 unspecified atom stereocenters. The van der Waals surface area contributed by atoms with Crippen molar-refractivity contribution in [2.75, 3.05) is 7.11 Å². The highest BCUT2D eigenvalue weighted by atomic mass is 16.6. The van der Waals surface area contributed by atoms with Crippen molar-refractivity contribution in [3.05, 3.63) is 57.8 Å². The first-order valence-electron chi connectivity index (χ1n) is 5.83. The summed E-state index contributed by atoms with van der Waals surface area (Å²) in [4.78, 5) is 25.9. The van der Waals surface area contributed by atoms with E-state index in [-0.39, 0.29) is 5.69 Å². The van der Waals surface area contributed by atoms with Gasteiger partial charge >= 0.3 is 5.97 Å². The average molecular weight is 272 g/mol. The van der Waals surface area contributed by atoms with Crippen molar-refractivity contribution in [2.24, 2.45) is 0 Å². The Morgan fingerprint density at radius 1 is 1.20 bits per heavy atom. The van der Waals surface area contributed by atoms with Crippen molar-refractivity contribution in [1.29, 1.82) is 0 Å². The Kier molecular flexibility index (Phi) is 3.74. The molecule has 6 nitrogen and oxygen atoms in total. The van der Waals surface area contributed by atoms with Crippen LogP contribution in [0.25, 0.3) is 11.3 Å². The zero-order valence-corrected chi connectivity index (χ0v) is 11.0. The number of hydrogen-bond acceptors (Lipinski definition) is 5. The molecule has 0 atom stereocenters. The lowest BCUT2D eigenvalue weighted by Gasteiger charge is -2.06. The van der Waals surface area contributed by atoms with E-state index in [4.69, 9.17) is 0 Å². The van der Waals surface area contributed by atoms with E-state index in [1.165, 1.54) is 19.2 Å². The minimum absolute atomic E-state index is 0.0247. The number of esters is 1. The summed E-state index contributed by atoms with van der Waals surface area (Å²) in [6.45, 7) is 1.71. The fourth-order valence-electron chi connectivity index (χ4n) is 1.80. The molecule has 0 bridgehead atoms. The van der Waals surface area contributed by atoms with Crippen LogP contribution < -0.4 is 0 Å². The highest BCUT2D eigenvalue weighted by Gasteiger charge is 2.12. The summed E-state index contributed by atoms with van der Waals surface area (Å²) >= 11 is 0. The number of benzene rings is 1. The van der Waals surface area contributed by atoms with Gasteiger partial charge in [-0.05, 0) is 31.2 Å². The van der Waals surface area contributed by atoms with Gasteiger partial charge in [-0.25, -0.2) is 4.79 Å². The quantitative estimate of drug-likeness (QED) is 0.487. The first-order chi connectivity index (χ1) is 9.52. The van der Waals surface area contributed by atoms with Gasteiger partial charge in [0.25, 0.3) is 5.69 Å². The number of pyridine rings is 1. The van der Waals surface area contributed by atoms with Crippen LogP contribution in [0.5, 0.6) is 0 Å². The Bertz CT molecular complexity index is 665. The maximum Gasteiger partial charge on any atom is 0.339 e. The Hall–Kier alpha value is -2.76. The van der Waals surface area contributed by atoms with Crippen LogP contribution in [-0.4, -0.2) is 23.0 Å². The van der Waals surface area contributed by atoms with Gasteiger partial charge in [0.15, 0.2) is 0 Å². The lowest BCUT2D eigenvalue weighted by Crippen LogP contribution is -2.05. The van der Waals surface area contributed by atoms with E-state index in [9.17, 15) is 14.9 Å². The molecule has 1 heterocycles. The maximum atomic E-state index is 11.5. The van der Waals surface area contributed by atoms with Crippen LogP contribution in [0.4, 0.5) is 5.69 Å². The largest absolute Gasteiger partial charge is 0.465 e. The van der Waals surface area contributed by atoms with Crippen molar-refractivity contribution in [3.63, 3.8) is 0 Å². The number of nitro groups is 1. The van der Waals surface area contributed by atoms with E-state index in [0.29, 0.717) is 17.0 Å². The number of hydrogen-bond donors (Lipinski definition) is 0. The number of nitrogens with zero attached hydrogens (tertiary/aromatic N) is 2. The molecule has 0 radical (unpaired) electrons. The van der Waals surface area contributed by atoms with Crippen molar-refractivity contribution in [1.82, 2.24) is 4.98 Å². The van der Waals surface area contributed by atoms with Crippen LogP contribution in [0.1, 0.15) is 16.1 Å². The van der Waals surface area contributed by atoms with Gasteiger partial charge in [0.1, 0.15) is 0 Å². The van der Waals surface area contributed by atoms with Crippen LogP contribution >= 0.6 is 0 Å². The predicted octanol–water partition coefficient (Wildman–Crippen LogP) is 2.75. The number of carbonyl (C=O) groups is 1. The van der Waals surface area contributed by atoms with E-state index in [2.05, 4.69) is 9.72 Å². The first kappa shape index (κ1) is 13.7. The molecule has 20 heavy (non-hydrogen) atoms. The number of methoxy groups -OCH3 is 1. The van der Waals surface area contributed by atoms with Gasteiger partial charge in [-0.2, -0.15) is 0 Å². The van der Waals surface area contributed by atoms with E-state index in [1.807, 2.05) is 0 Å². The van der Waals surface area contributed by atoms with Gasteiger partial charge in [0.05, 0.1) is 29.0 Å². The summed E-state index contributed by atoms with van der Waals surface area (Å²) in [7, 11) is 1.31. The van der Waals surface area contributed by atoms with Crippen LogP contribution in [0.15, 0.2) is 36.4 Å². The van der Waals surface area contributed by atoms with Gasteiger partial charge in [0.2, 0.25) is 0 Å². The van der Waals surface area contributed by atoms with Gasteiger partial charge in [0, 0.05) is 17.7 Å². The van der Waals surface area contributed by atoms with Gasteiger partial charge in [-0.3, -0.25) is 15.1 Å². The lowest BCUT2D eigenvalue weighted by atomic mass is 10.1. The molecule has 102 valence electrons. The van der Waals surface area contributed by atoms with Gasteiger partial charge in [-0.1, -0.05) is 0 Å². The average Bonchev–Trinajstić information content (AvgIpc) is 2.46. The molecule has 0 fully saturated rings. The van der Waals surface area contributed by atoms with Crippen molar-refractivity contribution in [3.8, 4) is 11.3 Å². The zero-order chi connectivity index (χ0) is 14.7. The van der Waals surface area contributed by atoms with Crippen LogP contribution in [0, 0.1) is 17.0 Å². The molecule has 2 aromatic rings. The summed E-state index contributed by atoms with van der Waals surface area (Å²) < 4.78 is 4.65. The smallest absolute Gasteiger partial charge is 0.339 e. The molecule has 1 aromatic heterocycles. The topological polar surface area (TPSA) is 82.3 Å². The molecular formula is C14H12N2O4. The number of aromatic nitrogens is 1. The second-order valence-corrected chi connectivity index (χ2v) is 4.13. The molecule has 0 N–H and O–H groups in total. The third-order valence-corrected chi connectivity index (χ3v) is 2.87. The molecule has 0 aliphatic rings. The number of aryl methyl sites for hydroxylation is 1. The SMILES string of the molecule is COC(=O)c1ccc(-c2ccc([N+](=O)[O-])cc2)nc1C. The molecule has 0 saturated carbocycles. The lowest BCUT2D eigenvalue weighted by molar-refractivity contribution is -0.384. The Balaban J connectivity index is 2.36. The maximum absolute atomic E-state index is 11.5. The van der Waals surface area contributed by atoms with E-state index in [0.717, 1.165) is 5.56 Å². The molecule has 1 aromatic carbocycles. The molecule has 0 aliphatic carbocycles. The standard InChI is InChI=1S/C14H12N2O4/c1-9-12(14(17)20-2)7-8-13(15-9)10-3-5-11(6-4-10)16(18)19/h3-8H,1-2H3. The minimum atomic E-state index is -0.456. The van der Waals surface area contributed by atoms with E-state index >= 15 is 0 Å². The molecule has 6 heteroatoms. The third-order valence-electron chi connectivity index (χ3n) is 2.87. The van der Waals surface area contributed by atoms with Crippen molar-refractivity contribution in [2.45, 2.75) is 6.92 Å². The fourth-order valence-corrected chi connectivity index (χ4v) is 1.80. The molecule has 0 amide bonds. The second-order valence-electron chi connectivity index (χ2n) is 4.13. The van der Waals surface area contributed by atoms with Crippen molar-refractivity contribution < 1.29 is 14.5 Å². The van der Waals surface area contributed by atoms with Crippen LogP contribution in [-0.2, 0) is 4.74 Å². The molecule has 0 aliphatic heterocycles. The summed E-state index contributed by atoms with van der Waals surface area (Å²) in [6, 6.07) is 9.39. The molecular weight excluding hydrogens is 260 g/mol. The van der Waals surface area contributed by atoms with Gasteiger partial charge in [-0.15, -0.1) is 0 Å². The highest BCUT2D eigenvalue weighted by molar-refractivity contribution is 5.90. The fraction of sp³-hybridized carbons (Fsp3) is 0.143. The highest BCUT2D eigenvalue weighted by Crippen LogP contribution is 2.22. The summed E-state index contributed by atoms with van der Waals surface area (Å²) in [6.07, 6.45) is 0. The minimum Gasteiger partial charge on any atom is -0.465 e. The summed E-state index contributed by atoms with van der Waals surface area (Å²) in [5.41, 5.74) is 2.36. The number of rotatable bonds is 3. The predicted molar refractivity (Wildman–Crippen MR) is 72.4 cm³/mol. The third kappa shape index (κ3) is 2.64. The van der Waals surface area contributed by atoms with Gasteiger partial charge < -0.3 is 4.74 Å². The monoisotopic (exact) mass is 272 g/mol. The normalized spacial score (nSPS) is 10.1. The second kappa shape index (κ2) is 5.48. The van der Waals surface area contributed by atoms with E-state index < -0.39 is 10.9 Å². The number of nitro benzene ring substituents is 1. The first-order valence-corrected chi connectivity index (χ1v) is 5.83. The number of carbonyl (C=O) groups excluding carboxylic acids is 1. The van der Waals surface area contributed by atoms with Crippen LogP contribution in [0.2, 0.25) is 0 Å². The summed E-state index contributed by atoms with van der Waals surface area (Å²) in [5.74, 6) is -0.440. The number of non-ortho nitro benzene ring substituents is 1. The molecule has 0 saturated heterocycles. The number of ether oxygens (including phenoxy) is 1.